The van der Waals surface area contributed by atoms with Crippen molar-refractivity contribution < 1.29 is 0 Å². The standard InChI is InChI=1S/C13H17ClN4/c1-9-6-18(7-10-2-4-15-5-3-10)13-11(9)12(14)16-8-17-13/h6,8,10,15H,2-5,7H2,1H3. The Bertz CT molecular complexity index is 557. The number of piperidine rings is 1. The van der Waals surface area contributed by atoms with Crippen LogP contribution < -0.4 is 5.32 Å². The second-order valence-electron chi connectivity index (χ2n) is 5.02. The predicted octanol–water partition coefficient (Wildman–Crippen LogP) is 2.39. The van der Waals surface area contributed by atoms with E-state index in [1.165, 1.54) is 12.8 Å². The van der Waals surface area contributed by atoms with E-state index in [2.05, 4.69) is 33.0 Å². The molecular weight excluding hydrogens is 248 g/mol. The average Bonchev–Trinajstić information content (AvgIpc) is 2.69. The maximum atomic E-state index is 6.14. The molecule has 0 atom stereocenters. The van der Waals surface area contributed by atoms with E-state index in [1.54, 1.807) is 6.33 Å². The predicted molar refractivity (Wildman–Crippen MR) is 72.9 cm³/mol. The van der Waals surface area contributed by atoms with Crippen molar-refractivity contribution in [1.82, 2.24) is 19.9 Å². The quantitative estimate of drug-likeness (QED) is 0.847. The second-order valence-corrected chi connectivity index (χ2v) is 5.38. The highest BCUT2D eigenvalue weighted by Gasteiger charge is 2.17. The molecule has 0 bridgehead atoms. The molecule has 1 saturated heterocycles. The summed E-state index contributed by atoms with van der Waals surface area (Å²) in [5.74, 6) is 0.731. The summed E-state index contributed by atoms with van der Waals surface area (Å²) >= 11 is 6.14. The first kappa shape index (κ1) is 11.9. The third kappa shape index (κ3) is 2.10. The van der Waals surface area contributed by atoms with Crippen molar-refractivity contribution in [1.29, 1.82) is 0 Å². The van der Waals surface area contributed by atoms with E-state index in [1.807, 2.05) is 0 Å². The Morgan fingerprint density at radius 2 is 2.17 bits per heavy atom. The summed E-state index contributed by atoms with van der Waals surface area (Å²) in [4.78, 5) is 8.44. The van der Waals surface area contributed by atoms with E-state index in [9.17, 15) is 0 Å². The van der Waals surface area contributed by atoms with Crippen LogP contribution in [0.1, 0.15) is 18.4 Å². The largest absolute Gasteiger partial charge is 0.332 e. The molecule has 0 radical (unpaired) electrons. The van der Waals surface area contributed by atoms with Gasteiger partial charge in [0.25, 0.3) is 0 Å². The Balaban J connectivity index is 1.94. The fourth-order valence-corrected chi connectivity index (χ4v) is 3.03. The van der Waals surface area contributed by atoms with Gasteiger partial charge in [-0.1, -0.05) is 11.6 Å². The molecule has 3 heterocycles. The average molecular weight is 265 g/mol. The van der Waals surface area contributed by atoms with Crippen LogP contribution in [-0.4, -0.2) is 27.6 Å². The summed E-state index contributed by atoms with van der Waals surface area (Å²) in [5.41, 5.74) is 2.12. The Kier molecular flexibility index (Phi) is 3.22. The number of rotatable bonds is 2. The van der Waals surface area contributed by atoms with Crippen molar-refractivity contribution in [3.8, 4) is 0 Å². The van der Waals surface area contributed by atoms with Crippen molar-refractivity contribution >= 4 is 22.6 Å². The molecule has 2 aromatic rings. The molecule has 2 aromatic heterocycles. The van der Waals surface area contributed by atoms with Crippen LogP contribution in [0, 0.1) is 12.8 Å². The highest BCUT2D eigenvalue weighted by Crippen LogP contribution is 2.26. The van der Waals surface area contributed by atoms with Crippen molar-refractivity contribution in [2.75, 3.05) is 13.1 Å². The zero-order chi connectivity index (χ0) is 12.5. The SMILES string of the molecule is Cc1cn(CC2CCNCC2)c2ncnc(Cl)c12. The Morgan fingerprint density at radius 1 is 1.39 bits per heavy atom. The molecule has 0 saturated carbocycles. The molecule has 1 fully saturated rings. The summed E-state index contributed by atoms with van der Waals surface area (Å²) in [6.07, 6.45) is 6.16. The normalized spacial score (nSPS) is 17.4. The zero-order valence-corrected chi connectivity index (χ0v) is 11.2. The molecule has 0 unspecified atom stereocenters. The summed E-state index contributed by atoms with van der Waals surface area (Å²) in [6.45, 7) is 5.34. The van der Waals surface area contributed by atoms with Crippen LogP contribution in [0.5, 0.6) is 0 Å². The van der Waals surface area contributed by atoms with Crippen LogP contribution in [0.2, 0.25) is 5.15 Å². The van der Waals surface area contributed by atoms with Crippen LogP contribution in [0.4, 0.5) is 0 Å². The molecule has 0 spiro atoms. The van der Waals surface area contributed by atoms with Gasteiger partial charge in [-0.3, -0.25) is 0 Å². The van der Waals surface area contributed by atoms with Gasteiger partial charge in [-0.05, 0) is 44.3 Å². The maximum Gasteiger partial charge on any atom is 0.145 e. The van der Waals surface area contributed by atoms with E-state index in [-0.39, 0.29) is 0 Å². The van der Waals surface area contributed by atoms with Crippen LogP contribution >= 0.6 is 11.6 Å². The highest BCUT2D eigenvalue weighted by molar-refractivity contribution is 6.34. The maximum absolute atomic E-state index is 6.14. The molecular formula is C13H17ClN4. The molecule has 1 N–H and O–H groups in total. The summed E-state index contributed by atoms with van der Waals surface area (Å²) < 4.78 is 2.23. The van der Waals surface area contributed by atoms with Gasteiger partial charge in [0.05, 0.1) is 5.39 Å². The summed E-state index contributed by atoms with van der Waals surface area (Å²) in [7, 11) is 0. The first-order valence-electron chi connectivity index (χ1n) is 6.42. The number of fused-ring (bicyclic) bond motifs is 1. The minimum atomic E-state index is 0.557. The summed E-state index contributed by atoms with van der Waals surface area (Å²) in [6, 6.07) is 0. The zero-order valence-electron chi connectivity index (χ0n) is 10.5. The fraction of sp³-hybridized carbons (Fsp3) is 0.538. The number of aromatic nitrogens is 3. The van der Waals surface area contributed by atoms with Gasteiger partial charge in [0.15, 0.2) is 0 Å². The molecule has 5 heteroatoms. The van der Waals surface area contributed by atoms with Crippen molar-refractivity contribution in [2.24, 2.45) is 5.92 Å². The number of aryl methyl sites for hydroxylation is 1. The van der Waals surface area contributed by atoms with Gasteiger partial charge in [0.1, 0.15) is 17.1 Å². The monoisotopic (exact) mass is 264 g/mol. The topological polar surface area (TPSA) is 42.7 Å². The Labute approximate surface area is 111 Å². The lowest BCUT2D eigenvalue weighted by atomic mass is 9.98. The molecule has 1 aliphatic rings. The van der Waals surface area contributed by atoms with Crippen LogP contribution in [0.3, 0.4) is 0 Å². The highest BCUT2D eigenvalue weighted by atomic mass is 35.5. The van der Waals surface area contributed by atoms with Gasteiger partial charge in [-0.2, -0.15) is 0 Å². The van der Waals surface area contributed by atoms with Gasteiger partial charge in [-0.25, -0.2) is 9.97 Å². The molecule has 1 aliphatic heterocycles. The molecule has 0 aromatic carbocycles. The fourth-order valence-electron chi connectivity index (χ4n) is 2.75. The van der Waals surface area contributed by atoms with Gasteiger partial charge in [-0.15, -0.1) is 0 Å². The van der Waals surface area contributed by atoms with Gasteiger partial charge >= 0.3 is 0 Å². The molecule has 0 aliphatic carbocycles. The van der Waals surface area contributed by atoms with Crippen LogP contribution in [-0.2, 0) is 6.54 Å². The second kappa shape index (κ2) is 4.86. The Hall–Kier alpha value is -1.13. The minimum absolute atomic E-state index is 0.557. The van der Waals surface area contributed by atoms with Crippen molar-refractivity contribution in [2.45, 2.75) is 26.3 Å². The lowest BCUT2D eigenvalue weighted by molar-refractivity contribution is 0.336. The van der Waals surface area contributed by atoms with E-state index in [0.717, 1.165) is 42.1 Å². The molecule has 96 valence electrons. The van der Waals surface area contributed by atoms with Crippen LogP contribution in [0.25, 0.3) is 11.0 Å². The smallest absolute Gasteiger partial charge is 0.145 e. The number of nitrogens with zero attached hydrogens (tertiary/aromatic N) is 3. The van der Waals surface area contributed by atoms with E-state index in [0.29, 0.717) is 5.15 Å². The molecule has 0 amide bonds. The van der Waals surface area contributed by atoms with E-state index >= 15 is 0 Å². The Morgan fingerprint density at radius 3 is 2.94 bits per heavy atom. The third-order valence-corrected chi connectivity index (χ3v) is 4.00. The summed E-state index contributed by atoms with van der Waals surface area (Å²) in [5, 5.41) is 4.95. The van der Waals surface area contributed by atoms with Gasteiger partial charge in [0.2, 0.25) is 0 Å². The van der Waals surface area contributed by atoms with E-state index < -0.39 is 0 Å². The van der Waals surface area contributed by atoms with Crippen molar-refractivity contribution in [3.05, 3.63) is 23.2 Å². The lowest BCUT2D eigenvalue weighted by Gasteiger charge is -2.23. The van der Waals surface area contributed by atoms with Gasteiger partial charge in [0, 0.05) is 12.7 Å². The molecule has 18 heavy (non-hydrogen) atoms. The minimum Gasteiger partial charge on any atom is -0.332 e. The van der Waals surface area contributed by atoms with Gasteiger partial charge < -0.3 is 9.88 Å². The number of halogens is 1. The van der Waals surface area contributed by atoms with Crippen LogP contribution in [0.15, 0.2) is 12.5 Å². The third-order valence-electron chi connectivity index (χ3n) is 3.71. The lowest BCUT2D eigenvalue weighted by Crippen LogP contribution is -2.29. The molecule has 4 nitrogen and oxygen atoms in total. The molecule has 3 rings (SSSR count). The first-order chi connectivity index (χ1) is 8.75. The van der Waals surface area contributed by atoms with Crippen molar-refractivity contribution in [3.63, 3.8) is 0 Å². The first-order valence-corrected chi connectivity index (χ1v) is 6.80. The van der Waals surface area contributed by atoms with E-state index in [4.69, 9.17) is 11.6 Å². The number of hydrogen-bond acceptors (Lipinski definition) is 3. The number of hydrogen-bond donors (Lipinski definition) is 1. The number of nitrogens with one attached hydrogen (secondary N) is 1.